The Hall–Kier alpha value is -2.64. The lowest BCUT2D eigenvalue weighted by molar-refractivity contribution is -0.112. The number of nitriles is 1. The maximum Gasteiger partial charge on any atom is 0.266 e. The van der Waals surface area contributed by atoms with Crippen molar-refractivity contribution in [1.82, 2.24) is 0 Å². The summed E-state index contributed by atoms with van der Waals surface area (Å²) in [7, 11) is 2.91. The van der Waals surface area contributed by atoms with Crippen LogP contribution in [0.5, 0.6) is 23.0 Å². The first-order chi connectivity index (χ1) is 14.9. The van der Waals surface area contributed by atoms with Crippen LogP contribution < -0.4 is 24.3 Å². The molecule has 0 atom stereocenters. The molecule has 0 fully saturated rings. The zero-order chi connectivity index (χ0) is 23.0. The van der Waals surface area contributed by atoms with E-state index in [1.807, 2.05) is 26.0 Å². The highest BCUT2D eigenvalue weighted by atomic mass is 127. The molecule has 0 saturated heterocycles. The number of carbonyl (C=O) groups is 1. The van der Waals surface area contributed by atoms with Crippen LogP contribution in [0, 0.1) is 14.9 Å². The van der Waals surface area contributed by atoms with Crippen molar-refractivity contribution in [3.05, 3.63) is 44.0 Å². The lowest BCUT2D eigenvalue weighted by Crippen LogP contribution is -2.14. The van der Waals surface area contributed by atoms with E-state index in [2.05, 4.69) is 27.9 Å². The Morgan fingerprint density at radius 1 is 1.10 bits per heavy atom. The fraction of sp³-hybridized carbons (Fsp3) is 0.273. The molecule has 0 saturated carbocycles. The largest absolute Gasteiger partial charge is 0.495 e. The van der Waals surface area contributed by atoms with E-state index in [1.54, 1.807) is 6.07 Å². The molecular formula is C22H22ClIN2O5. The van der Waals surface area contributed by atoms with E-state index in [9.17, 15) is 10.1 Å². The molecular weight excluding hydrogens is 535 g/mol. The van der Waals surface area contributed by atoms with Crippen LogP contribution >= 0.6 is 34.2 Å². The number of benzene rings is 2. The second-order valence-corrected chi connectivity index (χ2v) is 7.58. The van der Waals surface area contributed by atoms with Crippen LogP contribution in [0.3, 0.4) is 0 Å². The number of rotatable bonds is 9. The van der Waals surface area contributed by atoms with E-state index in [4.69, 9.17) is 30.5 Å². The molecule has 0 bridgehead atoms. The van der Waals surface area contributed by atoms with Crippen molar-refractivity contribution in [3.8, 4) is 29.1 Å². The van der Waals surface area contributed by atoms with Gasteiger partial charge in [-0.15, -0.1) is 0 Å². The van der Waals surface area contributed by atoms with E-state index in [0.29, 0.717) is 52.5 Å². The Labute approximate surface area is 200 Å². The number of nitrogens with zero attached hydrogens (tertiary/aromatic N) is 1. The van der Waals surface area contributed by atoms with Crippen molar-refractivity contribution < 1.29 is 23.7 Å². The first-order valence-electron chi connectivity index (χ1n) is 9.32. The highest BCUT2D eigenvalue weighted by Crippen LogP contribution is 2.37. The molecule has 2 rings (SSSR count). The highest BCUT2D eigenvalue weighted by molar-refractivity contribution is 14.1. The number of amides is 1. The Morgan fingerprint density at radius 2 is 1.77 bits per heavy atom. The molecule has 0 aliphatic carbocycles. The van der Waals surface area contributed by atoms with Crippen LogP contribution in [0.4, 0.5) is 5.69 Å². The standard InChI is InChI=1S/C22H22ClIN2O5/c1-5-30-20-9-13(8-16(24)21(20)31-6-2)7-14(12-25)22(27)26-17-11-18(28-3)15(23)10-19(17)29-4/h7-11H,5-6H2,1-4H3,(H,26,27)/b14-7+. The predicted molar refractivity (Wildman–Crippen MR) is 128 cm³/mol. The maximum absolute atomic E-state index is 12.8. The smallest absolute Gasteiger partial charge is 0.266 e. The minimum Gasteiger partial charge on any atom is -0.495 e. The minimum atomic E-state index is -0.605. The Balaban J connectivity index is 2.40. The van der Waals surface area contributed by atoms with Gasteiger partial charge in [-0.05, 0) is 60.2 Å². The molecule has 2 aromatic rings. The van der Waals surface area contributed by atoms with E-state index < -0.39 is 5.91 Å². The summed E-state index contributed by atoms with van der Waals surface area (Å²) in [5.41, 5.74) is 0.855. The SMILES string of the molecule is CCOc1cc(/C=C(\C#N)C(=O)Nc2cc(OC)c(Cl)cc2OC)cc(I)c1OCC. The van der Waals surface area contributed by atoms with Crippen LogP contribution in [0.15, 0.2) is 29.8 Å². The number of ether oxygens (including phenoxy) is 4. The maximum atomic E-state index is 12.8. The van der Waals surface area contributed by atoms with Gasteiger partial charge < -0.3 is 24.3 Å². The molecule has 31 heavy (non-hydrogen) atoms. The number of hydrogen-bond donors (Lipinski definition) is 1. The summed E-state index contributed by atoms with van der Waals surface area (Å²) < 4.78 is 22.6. The summed E-state index contributed by atoms with van der Waals surface area (Å²) in [6.07, 6.45) is 1.48. The van der Waals surface area contributed by atoms with Crippen molar-refractivity contribution in [2.24, 2.45) is 0 Å². The summed E-state index contributed by atoms with van der Waals surface area (Å²) in [6.45, 7) is 4.70. The molecule has 0 heterocycles. The van der Waals surface area contributed by atoms with Crippen molar-refractivity contribution in [2.75, 3.05) is 32.8 Å². The van der Waals surface area contributed by atoms with Gasteiger partial charge in [0.2, 0.25) is 0 Å². The summed E-state index contributed by atoms with van der Waals surface area (Å²) in [5, 5.41) is 12.6. The van der Waals surface area contributed by atoms with Gasteiger partial charge in [0.25, 0.3) is 5.91 Å². The molecule has 0 unspecified atom stereocenters. The van der Waals surface area contributed by atoms with E-state index in [1.165, 1.54) is 32.4 Å². The quantitative estimate of drug-likeness (QED) is 0.256. The molecule has 7 nitrogen and oxygen atoms in total. The number of anilines is 1. The summed E-state index contributed by atoms with van der Waals surface area (Å²) in [5.74, 6) is 1.27. The molecule has 1 amide bonds. The molecule has 0 radical (unpaired) electrons. The lowest BCUT2D eigenvalue weighted by Gasteiger charge is -2.14. The highest BCUT2D eigenvalue weighted by Gasteiger charge is 2.17. The molecule has 164 valence electrons. The van der Waals surface area contributed by atoms with Crippen molar-refractivity contribution in [1.29, 1.82) is 5.26 Å². The molecule has 0 aliphatic rings. The molecule has 9 heteroatoms. The van der Waals surface area contributed by atoms with Gasteiger partial charge in [-0.25, -0.2) is 0 Å². The fourth-order valence-corrected chi connectivity index (χ4v) is 3.69. The van der Waals surface area contributed by atoms with E-state index >= 15 is 0 Å². The predicted octanol–water partition coefficient (Wildman–Crippen LogP) is 5.30. The average molecular weight is 557 g/mol. The third-order valence-corrected chi connectivity index (χ3v) is 5.12. The summed E-state index contributed by atoms with van der Waals surface area (Å²) in [4.78, 5) is 12.8. The van der Waals surface area contributed by atoms with Gasteiger partial charge in [0.15, 0.2) is 11.5 Å². The number of hydrogen-bond acceptors (Lipinski definition) is 6. The van der Waals surface area contributed by atoms with Gasteiger partial charge in [-0.3, -0.25) is 4.79 Å². The number of nitrogens with one attached hydrogen (secondary N) is 1. The monoisotopic (exact) mass is 556 g/mol. The van der Waals surface area contributed by atoms with Crippen LogP contribution in [0.25, 0.3) is 6.08 Å². The van der Waals surface area contributed by atoms with E-state index in [0.717, 1.165) is 3.57 Å². The molecule has 1 N–H and O–H groups in total. The summed E-state index contributed by atoms with van der Waals surface area (Å²) in [6, 6.07) is 8.53. The van der Waals surface area contributed by atoms with Crippen LogP contribution in [-0.2, 0) is 4.79 Å². The minimum absolute atomic E-state index is 0.0987. The van der Waals surface area contributed by atoms with Gasteiger partial charge in [-0.1, -0.05) is 11.6 Å². The zero-order valence-corrected chi connectivity index (χ0v) is 20.5. The number of carbonyl (C=O) groups excluding carboxylic acids is 1. The van der Waals surface area contributed by atoms with Gasteiger partial charge >= 0.3 is 0 Å². The van der Waals surface area contributed by atoms with Crippen molar-refractivity contribution in [2.45, 2.75) is 13.8 Å². The molecule has 2 aromatic carbocycles. The lowest BCUT2D eigenvalue weighted by atomic mass is 10.1. The van der Waals surface area contributed by atoms with Crippen molar-refractivity contribution >= 4 is 51.9 Å². The van der Waals surface area contributed by atoms with Gasteiger partial charge in [0.1, 0.15) is 23.1 Å². The molecule has 0 aromatic heterocycles. The third-order valence-electron chi connectivity index (χ3n) is 4.02. The van der Waals surface area contributed by atoms with Crippen LogP contribution in [0.1, 0.15) is 19.4 Å². The van der Waals surface area contributed by atoms with Gasteiger partial charge in [0.05, 0.1) is 41.7 Å². The van der Waals surface area contributed by atoms with E-state index in [-0.39, 0.29) is 5.57 Å². The number of halogens is 2. The van der Waals surface area contributed by atoms with Crippen LogP contribution in [0.2, 0.25) is 5.02 Å². The first kappa shape index (κ1) is 24.6. The molecule has 0 spiro atoms. The van der Waals surface area contributed by atoms with Crippen LogP contribution in [-0.4, -0.2) is 33.3 Å². The van der Waals surface area contributed by atoms with Crippen molar-refractivity contribution in [3.63, 3.8) is 0 Å². The Bertz CT molecular complexity index is 1030. The normalized spacial score (nSPS) is 10.8. The third kappa shape index (κ3) is 6.18. The second kappa shape index (κ2) is 11.7. The Morgan fingerprint density at radius 3 is 2.35 bits per heavy atom. The Kier molecular flexibility index (Phi) is 9.27. The van der Waals surface area contributed by atoms with Gasteiger partial charge in [0, 0.05) is 12.1 Å². The summed E-state index contributed by atoms with van der Waals surface area (Å²) >= 11 is 8.23. The topological polar surface area (TPSA) is 89.8 Å². The number of methoxy groups -OCH3 is 2. The fourth-order valence-electron chi connectivity index (χ4n) is 2.68. The first-order valence-corrected chi connectivity index (χ1v) is 10.8. The zero-order valence-electron chi connectivity index (χ0n) is 17.5. The molecule has 0 aliphatic heterocycles. The second-order valence-electron chi connectivity index (χ2n) is 6.01. The van der Waals surface area contributed by atoms with Gasteiger partial charge in [-0.2, -0.15) is 5.26 Å². The average Bonchev–Trinajstić information content (AvgIpc) is 2.75.